The maximum absolute atomic E-state index is 12.3. The van der Waals surface area contributed by atoms with Crippen molar-refractivity contribution < 1.29 is 19.1 Å². The molecule has 0 aliphatic carbocycles. The Kier molecular flexibility index (Phi) is 5.03. The number of carbonyl (C=O) groups excluding carboxylic acids is 2. The number of fused-ring (bicyclic) bond motifs is 1. The third-order valence-electron chi connectivity index (χ3n) is 4.21. The average molecular weight is 339 g/mol. The lowest BCUT2D eigenvalue weighted by atomic mass is 10.1. The van der Waals surface area contributed by atoms with E-state index in [1.807, 2.05) is 44.2 Å². The molecule has 0 radical (unpaired) electrons. The second-order valence-electron chi connectivity index (χ2n) is 6.14. The van der Waals surface area contributed by atoms with E-state index < -0.39 is 5.97 Å². The first-order valence-electron chi connectivity index (χ1n) is 8.28. The van der Waals surface area contributed by atoms with Gasteiger partial charge in [-0.25, -0.2) is 0 Å². The summed E-state index contributed by atoms with van der Waals surface area (Å²) < 4.78 is 11.0. The van der Waals surface area contributed by atoms with Crippen LogP contribution < -0.4 is 9.64 Å². The van der Waals surface area contributed by atoms with Crippen LogP contribution in [0.4, 0.5) is 5.69 Å². The van der Waals surface area contributed by atoms with Gasteiger partial charge in [-0.2, -0.15) is 0 Å². The minimum Gasteiger partial charge on any atom is -0.491 e. The average Bonchev–Trinajstić information content (AvgIpc) is 2.75. The SMILES string of the molecule is Cc1ccc(C)c(COC(=O)CN2C(=O)CCOc3ccccc32)c1. The van der Waals surface area contributed by atoms with Crippen molar-refractivity contribution in [1.82, 2.24) is 0 Å². The molecule has 0 bridgehead atoms. The first kappa shape index (κ1) is 17.0. The monoisotopic (exact) mass is 339 g/mol. The summed E-state index contributed by atoms with van der Waals surface area (Å²) in [5, 5.41) is 0. The molecule has 0 saturated heterocycles. The van der Waals surface area contributed by atoms with Crippen molar-refractivity contribution in [3.05, 3.63) is 59.2 Å². The van der Waals surface area contributed by atoms with Crippen molar-refractivity contribution in [3.8, 4) is 5.75 Å². The van der Waals surface area contributed by atoms with Gasteiger partial charge >= 0.3 is 5.97 Å². The minimum absolute atomic E-state index is 0.121. The number of para-hydroxylation sites is 2. The molecule has 0 N–H and O–H groups in total. The molecule has 2 aromatic carbocycles. The zero-order valence-corrected chi connectivity index (χ0v) is 14.5. The molecule has 0 spiro atoms. The van der Waals surface area contributed by atoms with E-state index in [2.05, 4.69) is 0 Å². The van der Waals surface area contributed by atoms with E-state index in [1.54, 1.807) is 12.1 Å². The first-order chi connectivity index (χ1) is 12.0. The molecule has 130 valence electrons. The standard InChI is InChI=1S/C20H21NO4/c1-14-7-8-15(2)16(11-14)13-25-20(23)12-21-17-5-3-4-6-18(17)24-10-9-19(21)22/h3-8,11H,9-10,12-13H2,1-2H3. The number of aryl methyl sites for hydroxylation is 2. The summed E-state index contributed by atoms with van der Waals surface area (Å²) in [7, 11) is 0. The van der Waals surface area contributed by atoms with E-state index in [-0.39, 0.29) is 25.5 Å². The Bertz CT molecular complexity index is 800. The van der Waals surface area contributed by atoms with Crippen LogP contribution in [0.2, 0.25) is 0 Å². The van der Waals surface area contributed by atoms with Crippen molar-refractivity contribution >= 4 is 17.6 Å². The number of rotatable bonds is 4. The number of ether oxygens (including phenoxy) is 2. The summed E-state index contributed by atoms with van der Waals surface area (Å²) in [6.45, 7) is 4.37. The van der Waals surface area contributed by atoms with E-state index >= 15 is 0 Å². The van der Waals surface area contributed by atoms with Crippen molar-refractivity contribution in [2.45, 2.75) is 26.9 Å². The summed E-state index contributed by atoms with van der Waals surface area (Å²) in [6, 6.07) is 13.3. The molecule has 2 aromatic rings. The molecule has 0 fully saturated rings. The third-order valence-corrected chi connectivity index (χ3v) is 4.21. The molecule has 1 aliphatic heterocycles. The first-order valence-corrected chi connectivity index (χ1v) is 8.28. The highest BCUT2D eigenvalue weighted by molar-refractivity contribution is 5.99. The summed E-state index contributed by atoms with van der Waals surface area (Å²) in [5.41, 5.74) is 3.77. The maximum atomic E-state index is 12.3. The van der Waals surface area contributed by atoms with Crippen molar-refractivity contribution in [2.24, 2.45) is 0 Å². The molecular formula is C20H21NO4. The molecule has 5 heteroatoms. The van der Waals surface area contributed by atoms with Crippen LogP contribution in [0.3, 0.4) is 0 Å². The Hall–Kier alpha value is -2.82. The van der Waals surface area contributed by atoms with Gasteiger partial charge in [0.05, 0.1) is 18.7 Å². The van der Waals surface area contributed by atoms with Gasteiger partial charge in [0, 0.05) is 0 Å². The molecule has 25 heavy (non-hydrogen) atoms. The van der Waals surface area contributed by atoms with Gasteiger partial charge in [-0.05, 0) is 37.1 Å². The second-order valence-corrected chi connectivity index (χ2v) is 6.14. The number of anilines is 1. The Balaban J connectivity index is 1.69. The fraction of sp³-hybridized carbons (Fsp3) is 0.300. The number of carbonyl (C=O) groups is 2. The topological polar surface area (TPSA) is 55.8 Å². The van der Waals surface area contributed by atoms with Gasteiger partial charge < -0.3 is 9.47 Å². The largest absolute Gasteiger partial charge is 0.491 e. The number of nitrogens with zero attached hydrogens (tertiary/aromatic N) is 1. The van der Waals surface area contributed by atoms with Crippen LogP contribution >= 0.6 is 0 Å². The van der Waals surface area contributed by atoms with E-state index in [4.69, 9.17) is 9.47 Å². The predicted octanol–water partition coefficient (Wildman–Crippen LogP) is 3.16. The Labute approximate surface area is 147 Å². The van der Waals surface area contributed by atoms with Crippen LogP contribution in [0.15, 0.2) is 42.5 Å². The van der Waals surface area contributed by atoms with Crippen LogP contribution in [-0.4, -0.2) is 25.0 Å². The molecule has 1 aliphatic rings. The van der Waals surface area contributed by atoms with E-state index in [1.165, 1.54) is 4.90 Å². The number of hydrogen-bond donors (Lipinski definition) is 0. The number of hydrogen-bond acceptors (Lipinski definition) is 4. The van der Waals surface area contributed by atoms with Gasteiger partial charge in [-0.3, -0.25) is 14.5 Å². The number of esters is 1. The molecule has 3 rings (SSSR count). The molecule has 0 saturated carbocycles. The van der Waals surface area contributed by atoms with E-state index in [0.717, 1.165) is 16.7 Å². The lowest BCUT2D eigenvalue weighted by molar-refractivity contribution is -0.144. The Morgan fingerprint density at radius 2 is 2.00 bits per heavy atom. The van der Waals surface area contributed by atoms with Gasteiger partial charge in [-0.15, -0.1) is 0 Å². The molecule has 0 aromatic heterocycles. The van der Waals surface area contributed by atoms with E-state index in [9.17, 15) is 9.59 Å². The van der Waals surface area contributed by atoms with Crippen molar-refractivity contribution in [2.75, 3.05) is 18.1 Å². The fourth-order valence-electron chi connectivity index (χ4n) is 2.78. The quantitative estimate of drug-likeness (QED) is 0.803. The maximum Gasteiger partial charge on any atom is 0.326 e. The van der Waals surface area contributed by atoms with Crippen LogP contribution in [-0.2, 0) is 20.9 Å². The molecule has 0 unspecified atom stereocenters. The molecule has 1 amide bonds. The fourth-order valence-corrected chi connectivity index (χ4v) is 2.78. The lowest BCUT2D eigenvalue weighted by Gasteiger charge is -2.21. The van der Waals surface area contributed by atoms with Crippen LogP contribution in [0.25, 0.3) is 0 Å². The smallest absolute Gasteiger partial charge is 0.326 e. The summed E-state index contributed by atoms with van der Waals surface area (Å²) in [4.78, 5) is 26.1. The highest BCUT2D eigenvalue weighted by Gasteiger charge is 2.25. The van der Waals surface area contributed by atoms with Gasteiger partial charge in [0.25, 0.3) is 0 Å². The highest BCUT2D eigenvalue weighted by atomic mass is 16.5. The number of amides is 1. The highest BCUT2D eigenvalue weighted by Crippen LogP contribution is 2.30. The van der Waals surface area contributed by atoms with Gasteiger partial charge in [0.15, 0.2) is 0 Å². The molecule has 0 atom stereocenters. The lowest BCUT2D eigenvalue weighted by Crippen LogP contribution is -2.36. The van der Waals surface area contributed by atoms with Gasteiger partial charge in [0.1, 0.15) is 18.9 Å². The van der Waals surface area contributed by atoms with Crippen LogP contribution in [0.5, 0.6) is 5.75 Å². The van der Waals surface area contributed by atoms with Crippen molar-refractivity contribution in [1.29, 1.82) is 0 Å². The molecular weight excluding hydrogens is 318 g/mol. The third kappa shape index (κ3) is 3.99. The van der Waals surface area contributed by atoms with Crippen LogP contribution in [0, 0.1) is 13.8 Å². The minimum atomic E-state index is -0.439. The normalized spacial score (nSPS) is 13.7. The predicted molar refractivity (Wildman–Crippen MR) is 94.6 cm³/mol. The van der Waals surface area contributed by atoms with Crippen molar-refractivity contribution in [3.63, 3.8) is 0 Å². The van der Waals surface area contributed by atoms with E-state index in [0.29, 0.717) is 18.0 Å². The second kappa shape index (κ2) is 7.38. The zero-order chi connectivity index (χ0) is 17.8. The molecule has 1 heterocycles. The zero-order valence-electron chi connectivity index (χ0n) is 14.5. The summed E-state index contributed by atoms with van der Waals surface area (Å²) in [5.74, 6) is 0.0234. The van der Waals surface area contributed by atoms with Gasteiger partial charge in [0.2, 0.25) is 5.91 Å². The summed E-state index contributed by atoms with van der Waals surface area (Å²) in [6.07, 6.45) is 0.235. The Morgan fingerprint density at radius 1 is 1.20 bits per heavy atom. The van der Waals surface area contributed by atoms with Gasteiger partial charge in [-0.1, -0.05) is 35.9 Å². The Morgan fingerprint density at radius 3 is 2.84 bits per heavy atom. The van der Waals surface area contributed by atoms with Crippen LogP contribution in [0.1, 0.15) is 23.1 Å². The molecule has 5 nitrogen and oxygen atoms in total. The number of benzene rings is 2. The summed E-state index contributed by atoms with van der Waals surface area (Å²) >= 11 is 0.